The first kappa shape index (κ1) is 30.7. The van der Waals surface area contributed by atoms with Gasteiger partial charge >= 0.3 is 0 Å². The number of anilines is 1. The van der Waals surface area contributed by atoms with Crippen molar-refractivity contribution in [2.75, 3.05) is 24.0 Å². The van der Waals surface area contributed by atoms with Gasteiger partial charge in [-0.2, -0.15) is 0 Å². The highest BCUT2D eigenvalue weighted by Gasteiger charge is 2.33. The molecule has 2 amide bonds. The molecule has 3 rings (SSSR count). The molecule has 1 atom stereocenters. The van der Waals surface area contributed by atoms with E-state index in [0.29, 0.717) is 31.0 Å². The van der Waals surface area contributed by atoms with Crippen molar-refractivity contribution in [2.45, 2.75) is 58.0 Å². The number of carbonyl (C=O) groups is 2. The van der Waals surface area contributed by atoms with E-state index in [1.165, 1.54) is 17.0 Å². The summed E-state index contributed by atoms with van der Waals surface area (Å²) in [5.74, 6) is -0.147. The van der Waals surface area contributed by atoms with E-state index in [1.807, 2.05) is 52.0 Å². The van der Waals surface area contributed by atoms with Crippen LogP contribution in [0, 0.1) is 6.92 Å². The second-order valence-electron chi connectivity index (χ2n) is 9.48. The fourth-order valence-electron chi connectivity index (χ4n) is 4.42. The van der Waals surface area contributed by atoms with E-state index in [1.54, 1.807) is 42.5 Å². The first-order chi connectivity index (χ1) is 19.2. The maximum absolute atomic E-state index is 14.1. The van der Waals surface area contributed by atoms with Crippen LogP contribution in [0.5, 0.6) is 5.75 Å². The maximum atomic E-state index is 14.1. The fraction of sp³-hybridized carbons (Fsp3) is 0.355. The summed E-state index contributed by atoms with van der Waals surface area (Å²) in [6.45, 7) is 8.27. The molecule has 0 bridgehead atoms. The highest BCUT2D eigenvalue weighted by Crippen LogP contribution is 2.27. The van der Waals surface area contributed by atoms with Crippen LogP contribution in [0.1, 0.15) is 44.7 Å². The number of hydrogen-bond donors (Lipinski definition) is 1. The molecule has 9 heteroatoms. The molecule has 0 aliphatic heterocycles. The van der Waals surface area contributed by atoms with Gasteiger partial charge in [0.15, 0.2) is 0 Å². The number of ether oxygens (including phenoxy) is 1. The molecule has 0 saturated carbocycles. The molecule has 214 valence electrons. The van der Waals surface area contributed by atoms with E-state index in [0.717, 1.165) is 21.9 Å². The zero-order chi connectivity index (χ0) is 29.1. The van der Waals surface area contributed by atoms with Gasteiger partial charge in [0, 0.05) is 13.1 Å². The highest BCUT2D eigenvalue weighted by molar-refractivity contribution is 7.92. The summed E-state index contributed by atoms with van der Waals surface area (Å²) >= 11 is 0. The van der Waals surface area contributed by atoms with Crippen molar-refractivity contribution >= 4 is 27.5 Å². The molecular formula is C31H39N3O5S. The van der Waals surface area contributed by atoms with Crippen LogP contribution in [0.4, 0.5) is 5.69 Å². The van der Waals surface area contributed by atoms with Crippen molar-refractivity contribution in [1.82, 2.24) is 10.2 Å². The van der Waals surface area contributed by atoms with Crippen LogP contribution in [0.2, 0.25) is 0 Å². The Bertz CT molecular complexity index is 1360. The number of rotatable bonds is 14. The first-order valence-electron chi connectivity index (χ1n) is 13.6. The molecule has 40 heavy (non-hydrogen) atoms. The summed E-state index contributed by atoms with van der Waals surface area (Å²) in [5.41, 5.74) is 2.20. The molecular weight excluding hydrogens is 526 g/mol. The van der Waals surface area contributed by atoms with Crippen molar-refractivity contribution in [3.05, 3.63) is 90.0 Å². The van der Waals surface area contributed by atoms with Gasteiger partial charge in [-0.3, -0.25) is 13.9 Å². The second kappa shape index (κ2) is 14.5. The third kappa shape index (κ3) is 7.85. The Morgan fingerprint density at radius 2 is 1.62 bits per heavy atom. The summed E-state index contributed by atoms with van der Waals surface area (Å²) < 4.78 is 34.3. The Morgan fingerprint density at radius 3 is 2.23 bits per heavy atom. The van der Waals surface area contributed by atoms with E-state index in [-0.39, 0.29) is 17.3 Å². The third-order valence-electron chi connectivity index (χ3n) is 6.42. The van der Waals surface area contributed by atoms with Crippen LogP contribution in [0.15, 0.2) is 83.8 Å². The summed E-state index contributed by atoms with van der Waals surface area (Å²) in [6.07, 6.45) is 1.14. The number of carbonyl (C=O) groups excluding carboxylic acids is 2. The number of benzene rings is 3. The second-order valence-corrected chi connectivity index (χ2v) is 11.3. The van der Waals surface area contributed by atoms with E-state index in [4.69, 9.17) is 4.74 Å². The molecule has 0 heterocycles. The maximum Gasteiger partial charge on any atom is 0.264 e. The quantitative estimate of drug-likeness (QED) is 0.299. The standard InChI is InChI=1S/C31H39N3O5S/c1-5-20-32-31(36)29(6-2)33(22-25-13-11-12-24(4)21-25)30(35)23-34(26-16-18-27(19-17-26)39-7-3)40(37,38)28-14-9-8-10-15-28/h8-19,21,29H,5-7,20,22-23H2,1-4H3,(H,32,36)/t29-/m1/s1. The van der Waals surface area contributed by atoms with Crippen LogP contribution < -0.4 is 14.4 Å². The van der Waals surface area contributed by atoms with Gasteiger partial charge in [-0.15, -0.1) is 0 Å². The van der Waals surface area contributed by atoms with Crippen molar-refractivity contribution in [3.8, 4) is 5.75 Å². The van der Waals surface area contributed by atoms with Gasteiger partial charge in [0.25, 0.3) is 10.0 Å². The average Bonchev–Trinajstić information content (AvgIpc) is 2.95. The zero-order valence-corrected chi connectivity index (χ0v) is 24.5. The minimum Gasteiger partial charge on any atom is -0.494 e. The number of aryl methyl sites for hydroxylation is 1. The Hall–Kier alpha value is -3.85. The molecule has 0 aliphatic carbocycles. The number of sulfonamides is 1. The number of nitrogens with zero attached hydrogens (tertiary/aromatic N) is 2. The fourth-order valence-corrected chi connectivity index (χ4v) is 5.85. The molecule has 1 N–H and O–H groups in total. The normalized spacial score (nSPS) is 11.9. The molecule has 0 aromatic heterocycles. The Labute approximate surface area is 238 Å². The largest absolute Gasteiger partial charge is 0.494 e. The van der Waals surface area contributed by atoms with Gasteiger partial charge in [-0.05, 0) is 68.7 Å². The lowest BCUT2D eigenvalue weighted by Gasteiger charge is -2.33. The van der Waals surface area contributed by atoms with Crippen molar-refractivity contribution in [1.29, 1.82) is 0 Å². The van der Waals surface area contributed by atoms with E-state index in [2.05, 4.69) is 5.32 Å². The molecule has 0 aliphatic rings. The topological polar surface area (TPSA) is 96.0 Å². The number of hydrogen-bond acceptors (Lipinski definition) is 5. The van der Waals surface area contributed by atoms with Gasteiger partial charge < -0.3 is 15.0 Å². The molecule has 3 aromatic rings. The first-order valence-corrected chi connectivity index (χ1v) is 15.1. The average molecular weight is 566 g/mol. The molecule has 0 fully saturated rings. The van der Waals surface area contributed by atoms with Gasteiger partial charge in [0.1, 0.15) is 18.3 Å². The Balaban J connectivity index is 2.04. The minimum atomic E-state index is -4.11. The van der Waals surface area contributed by atoms with Crippen LogP contribution >= 0.6 is 0 Å². The molecule has 0 radical (unpaired) electrons. The predicted octanol–water partition coefficient (Wildman–Crippen LogP) is 4.92. The predicted molar refractivity (Wildman–Crippen MR) is 158 cm³/mol. The minimum absolute atomic E-state index is 0.0645. The molecule has 0 unspecified atom stereocenters. The van der Waals surface area contributed by atoms with Gasteiger partial charge in [-0.1, -0.05) is 61.9 Å². The van der Waals surface area contributed by atoms with Crippen LogP contribution in [0.3, 0.4) is 0 Å². The number of nitrogens with one attached hydrogen (secondary N) is 1. The van der Waals surface area contributed by atoms with E-state index < -0.39 is 28.5 Å². The van der Waals surface area contributed by atoms with Crippen LogP contribution in [-0.4, -0.2) is 50.9 Å². The van der Waals surface area contributed by atoms with E-state index in [9.17, 15) is 18.0 Å². The van der Waals surface area contributed by atoms with Gasteiger partial charge in [0.2, 0.25) is 11.8 Å². The summed E-state index contributed by atoms with van der Waals surface area (Å²) in [6, 6.07) is 21.6. The summed E-state index contributed by atoms with van der Waals surface area (Å²) in [7, 11) is -4.11. The Kier molecular flexibility index (Phi) is 11.1. The zero-order valence-electron chi connectivity index (χ0n) is 23.7. The van der Waals surface area contributed by atoms with E-state index >= 15 is 0 Å². The van der Waals surface area contributed by atoms with Gasteiger partial charge in [0.05, 0.1) is 17.2 Å². The molecule has 3 aromatic carbocycles. The lowest BCUT2D eigenvalue weighted by atomic mass is 10.1. The van der Waals surface area contributed by atoms with Gasteiger partial charge in [-0.25, -0.2) is 8.42 Å². The third-order valence-corrected chi connectivity index (χ3v) is 8.20. The summed E-state index contributed by atoms with van der Waals surface area (Å²) in [5, 5.41) is 2.90. The molecule has 8 nitrogen and oxygen atoms in total. The SMILES string of the molecule is CCCNC(=O)[C@@H](CC)N(Cc1cccc(C)c1)C(=O)CN(c1ccc(OCC)cc1)S(=O)(=O)c1ccccc1. The highest BCUT2D eigenvalue weighted by atomic mass is 32.2. The monoisotopic (exact) mass is 565 g/mol. The smallest absolute Gasteiger partial charge is 0.264 e. The Morgan fingerprint density at radius 1 is 0.925 bits per heavy atom. The van der Waals surface area contributed by atoms with Crippen molar-refractivity contribution in [2.24, 2.45) is 0 Å². The molecule has 0 spiro atoms. The van der Waals surface area contributed by atoms with Crippen molar-refractivity contribution < 1.29 is 22.7 Å². The van der Waals surface area contributed by atoms with Crippen molar-refractivity contribution in [3.63, 3.8) is 0 Å². The molecule has 0 saturated heterocycles. The number of amides is 2. The lowest BCUT2D eigenvalue weighted by Crippen LogP contribution is -2.52. The van der Waals surface area contributed by atoms with Crippen LogP contribution in [0.25, 0.3) is 0 Å². The lowest BCUT2D eigenvalue weighted by molar-refractivity contribution is -0.140. The van der Waals surface area contributed by atoms with Crippen LogP contribution in [-0.2, 0) is 26.2 Å². The summed E-state index contributed by atoms with van der Waals surface area (Å²) in [4.78, 5) is 28.8.